The Bertz CT molecular complexity index is 1090. The van der Waals surface area contributed by atoms with Gasteiger partial charge in [-0.05, 0) is 18.2 Å². The lowest BCUT2D eigenvalue weighted by atomic mass is 10.1. The average Bonchev–Trinajstić information content (AvgIpc) is 3.02. The second-order valence-corrected chi connectivity index (χ2v) is 7.99. The van der Waals surface area contributed by atoms with Crippen LogP contribution in [-0.2, 0) is 14.8 Å². The highest BCUT2D eigenvalue weighted by Crippen LogP contribution is 2.24. The summed E-state index contributed by atoms with van der Waals surface area (Å²) >= 11 is 0. The van der Waals surface area contributed by atoms with Crippen LogP contribution in [-0.4, -0.2) is 58.3 Å². The number of carbonyl (C=O) groups is 1. The van der Waals surface area contributed by atoms with Gasteiger partial charge in [-0.15, -0.1) is 0 Å². The van der Waals surface area contributed by atoms with Crippen molar-refractivity contribution in [1.82, 2.24) is 18.7 Å². The zero-order valence-corrected chi connectivity index (χ0v) is 15.6. The first-order valence-electron chi connectivity index (χ1n) is 8.10. The van der Waals surface area contributed by atoms with Crippen LogP contribution in [0.5, 0.6) is 0 Å². The molecule has 3 aromatic heterocycles. The fourth-order valence-corrected chi connectivity index (χ4v) is 3.71. The molecule has 0 spiro atoms. The minimum Gasteiger partial charge on any atom is -0.395 e. The Balaban J connectivity index is 1.98. The van der Waals surface area contributed by atoms with E-state index in [1.54, 1.807) is 35.1 Å². The molecule has 3 aromatic rings. The number of nitrogens with one attached hydrogen (secondary N) is 1. The number of fused-ring (bicyclic) bond motifs is 1. The molecule has 142 valence electrons. The van der Waals surface area contributed by atoms with E-state index in [0.717, 1.165) is 9.87 Å². The summed E-state index contributed by atoms with van der Waals surface area (Å²) in [5.41, 5.74) is 2.00. The molecule has 0 saturated carbocycles. The number of likely N-dealkylation sites (N-methyl/N-ethyl adjacent to an activating group) is 1. The van der Waals surface area contributed by atoms with Crippen molar-refractivity contribution in [2.45, 2.75) is 11.8 Å². The molecule has 1 amide bonds. The Hall–Kier alpha value is -2.82. The molecule has 0 bridgehead atoms. The third kappa shape index (κ3) is 3.97. The van der Waals surface area contributed by atoms with Crippen molar-refractivity contribution in [3.8, 4) is 11.1 Å². The third-order valence-electron chi connectivity index (χ3n) is 3.92. The van der Waals surface area contributed by atoms with Gasteiger partial charge in [0.1, 0.15) is 10.5 Å². The lowest BCUT2D eigenvalue weighted by molar-refractivity contribution is -0.114. The molecule has 0 saturated heterocycles. The van der Waals surface area contributed by atoms with E-state index in [1.165, 1.54) is 26.2 Å². The van der Waals surface area contributed by atoms with Crippen LogP contribution in [0, 0.1) is 0 Å². The Morgan fingerprint density at radius 2 is 2.04 bits per heavy atom. The maximum atomic E-state index is 12.5. The third-order valence-corrected chi connectivity index (χ3v) is 5.75. The number of hydrogen-bond acceptors (Lipinski definition) is 6. The summed E-state index contributed by atoms with van der Waals surface area (Å²) in [6.07, 6.45) is 6.29. The van der Waals surface area contributed by atoms with Gasteiger partial charge in [-0.2, -0.15) is 4.31 Å². The number of carbonyl (C=O) groups excluding carboxylic acids is 1. The molecule has 9 nitrogen and oxygen atoms in total. The first kappa shape index (κ1) is 19.0. The summed E-state index contributed by atoms with van der Waals surface area (Å²) in [5, 5.41) is 11.6. The lowest BCUT2D eigenvalue weighted by Gasteiger charge is -2.16. The van der Waals surface area contributed by atoms with Gasteiger partial charge in [0.2, 0.25) is 15.9 Å². The summed E-state index contributed by atoms with van der Waals surface area (Å²) in [6, 6.07) is 5.09. The van der Waals surface area contributed by atoms with E-state index in [0.29, 0.717) is 17.0 Å². The van der Waals surface area contributed by atoms with E-state index >= 15 is 0 Å². The van der Waals surface area contributed by atoms with E-state index < -0.39 is 10.0 Å². The molecule has 3 rings (SSSR count). The number of aliphatic hydroxyl groups is 1. The maximum absolute atomic E-state index is 12.5. The summed E-state index contributed by atoms with van der Waals surface area (Å²) in [4.78, 5) is 19.5. The van der Waals surface area contributed by atoms with Crippen molar-refractivity contribution in [3.05, 3.63) is 43.0 Å². The summed E-state index contributed by atoms with van der Waals surface area (Å²) in [5.74, 6) is 0.215. The highest BCUT2D eigenvalue weighted by atomic mass is 32.2. The minimum absolute atomic E-state index is 0.000513. The van der Waals surface area contributed by atoms with E-state index in [1.807, 2.05) is 0 Å². The Morgan fingerprint density at radius 1 is 1.26 bits per heavy atom. The van der Waals surface area contributed by atoms with Crippen molar-refractivity contribution in [2.24, 2.45) is 0 Å². The maximum Gasteiger partial charge on any atom is 0.244 e. The first-order valence-corrected chi connectivity index (χ1v) is 9.54. The number of aliphatic hydroxyl groups excluding tert-OH is 1. The van der Waals surface area contributed by atoms with Gasteiger partial charge in [-0.1, -0.05) is 0 Å². The molecule has 2 N–H and O–H groups in total. The topological polar surface area (TPSA) is 117 Å². The van der Waals surface area contributed by atoms with Crippen LogP contribution >= 0.6 is 0 Å². The van der Waals surface area contributed by atoms with Gasteiger partial charge in [-0.3, -0.25) is 9.78 Å². The zero-order valence-electron chi connectivity index (χ0n) is 14.8. The van der Waals surface area contributed by atoms with Crippen molar-refractivity contribution >= 4 is 27.4 Å². The van der Waals surface area contributed by atoms with Crippen molar-refractivity contribution in [1.29, 1.82) is 0 Å². The van der Waals surface area contributed by atoms with Gasteiger partial charge in [0, 0.05) is 50.2 Å². The largest absolute Gasteiger partial charge is 0.395 e. The van der Waals surface area contributed by atoms with Crippen LogP contribution in [0.15, 0.2) is 47.9 Å². The van der Waals surface area contributed by atoms with Crippen LogP contribution in [0.2, 0.25) is 0 Å². The number of rotatable bonds is 6. The van der Waals surface area contributed by atoms with E-state index in [9.17, 15) is 13.2 Å². The quantitative estimate of drug-likeness (QED) is 0.649. The van der Waals surface area contributed by atoms with Crippen molar-refractivity contribution in [3.63, 3.8) is 0 Å². The molecule has 0 aliphatic rings. The number of sulfonamides is 1. The Morgan fingerprint density at radius 3 is 2.74 bits per heavy atom. The molecule has 0 aliphatic carbocycles. The second kappa shape index (κ2) is 7.43. The van der Waals surface area contributed by atoms with Crippen LogP contribution in [0.4, 0.5) is 5.82 Å². The number of aromatic nitrogens is 3. The monoisotopic (exact) mass is 389 g/mol. The predicted molar refractivity (Wildman–Crippen MR) is 99.6 cm³/mol. The number of hydrogen-bond donors (Lipinski definition) is 2. The number of anilines is 1. The number of nitrogens with zero attached hydrogens (tertiary/aromatic N) is 4. The number of pyridine rings is 2. The smallest absolute Gasteiger partial charge is 0.244 e. The van der Waals surface area contributed by atoms with Crippen LogP contribution in [0.3, 0.4) is 0 Å². The fraction of sp³-hybridized carbons (Fsp3) is 0.235. The molecular weight excluding hydrogens is 370 g/mol. The van der Waals surface area contributed by atoms with Gasteiger partial charge < -0.3 is 14.8 Å². The number of imidazole rings is 1. The molecule has 0 fully saturated rings. The lowest BCUT2D eigenvalue weighted by Crippen LogP contribution is -2.29. The molecule has 0 atom stereocenters. The second-order valence-electron chi connectivity index (χ2n) is 5.95. The standard InChI is InChI=1S/C17H19N5O4S/c1-12(24)19-16-11-22-10-13(3-4-17(22)20-16)14-7-15(9-18-8-14)27(25,26)21(2)5-6-23/h3-4,7-11,23H,5-6H2,1-2H3,(H,19,24). The summed E-state index contributed by atoms with van der Waals surface area (Å²) in [7, 11) is -2.34. The molecule has 10 heteroatoms. The average molecular weight is 389 g/mol. The molecule has 0 aromatic carbocycles. The highest BCUT2D eigenvalue weighted by Gasteiger charge is 2.21. The van der Waals surface area contributed by atoms with Gasteiger partial charge in [0.15, 0.2) is 5.82 Å². The van der Waals surface area contributed by atoms with Crippen LogP contribution < -0.4 is 5.32 Å². The Labute approximate surface area is 156 Å². The normalized spacial score (nSPS) is 11.9. The number of amides is 1. The van der Waals surface area contributed by atoms with E-state index in [2.05, 4.69) is 15.3 Å². The van der Waals surface area contributed by atoms with E-state index in [4.69, 9.17) is 5.11 Å². The van der Waals surface area contributed by atoms with Gasteiger partial charge >= 0.3 is 0 Å². The molecule has 0 aliphatic heterocycles. The van der Waals surface area contributed by atoms with E-state index in [-0.39, 0.29) is 24.0 Å². The molecular formula is C17H19N5O4S. The van der Waals surface area contributed by atoms with Gasteiger partial charge in [0.25, 0.3) is 0 Å². The SMILES string of the molecule is CC(=O)Nc1cn2cc(-c3cncc(S(=O)(=O)N(C)CCO)c3)ccc2n1. The molecule has 3 heterocycles. The van der Waals surface area contributed by atoms with Crippen molar-refractivity contribution in [2.75, 3.05) is 25.5 Å². The highest BCUT2D eigenvalue weighted by molar-refractivity contribution is 7.89. The molecule has 0 radical (unpaired) electrons. The minimum atomic E-state index is -3.74. The zero-order chi connectivity index (χ0) is 19.6. The summed E-state index contributed by atoms with van der Waals surface area (Å²) < 4.78 is 27.9. The molecule has 0 unspecified atom stereocenters. The van der Waals surface area contributed by atoms with Crippen LogP contribution in [0.25, 0.3) is 16.8 Å². The van der Waals surface area contributed by atoms with Gasteiger partial charge in [-0.25, -0.2) is 13.4 Å². The van der Waals surface area contributed by atoms with Crippen molar-refractivity contribution < 1.29 is 18.3 Å². The predicted octanol–water partition coefficient (Wildman–Crippen LogP) is 0.967. The first-order chi connectivity index (χ1) is 12.8. The van der Waals surface area contributed by atoms with Crippen LogP contribution in [0.1, 0.15) is 6.92 Å². The van der Waals surface area contributed by atoms with Gasteiger partial charge in [0.05, 0.1) is 12.8 Å². The Kier molecular flexibility index (Phi) is 5.22. The molecule has 27 heavy (non-hydrogen) atoms. The summed E-state index contributed by atoms with van der Waals surface area (Å²) in [6.45, 7) is 1.14. The fourth-order valence-electron chi connectivity index (χ4n) is 2.56.